The van der Waals surface area contributed by atoms with Crippen molar-refractivity contribution in [2.45, 2.75) is 13.0 Å². The van der Waals surface area contributed by atoms with Crippen LogP contribution in [0.15, 0.2) is 78.6 Å². The molecule has 1 aliphatic rings. The lowest BCUT2D eigenvalue weighted by Gasteiger charge is -2.25. The number of anilines is 2. The highest BCUT2D eigenvalue weighted by Gasteiger charge is 2.46. The number of nitrogens with zero attached hydrogens (tertiary/aromatic N) is 2. The number of Topliss-reactive ketones (excluding diaryl/α,β-unsaturated/α-hetero) is 1. The molecule has 1 fully saturated rings. The second-order valence-electron chi connectivity index (χ2n) is 7.18. The second kappa shape index (κ2) is 8.64. The number of nitrogens with one attached hydrogen (secondary N) is 1. The fraction of sp³-hybridized carbons (Fsp3) is 0.0833. The van der Waals surface area contributed by atoms with E-state index in [0.717, 1.165) is 0 Å². The van der Waals surface area contributed by atoms with Crippen molar-refractivity contribution in [3.63, 3.8) is 0 Å². The zero-order valence-corrected chi connectivity index (χ0v) is 17.7. The summed E-state index contributed by atoms with van der Waals surface area (Å²) < 4.78 is 0. The minimum absolute atomic E-state index is 0.0329. The summed E-state index contributed by atoms with van der Waals surface area (Å²) >= 11 is 5.94. The minimum atomic E-state index is -0.861. The molecule has 1 saturated heterocycles. The Hall–Kier alpha value is -3.97. The molecule has 1 aliphatic heterocycles. The summed E-state index contributed by atoms with van der Waals surface area (Å²) in [6, 6.07) is 15.4. The van der Waals surface area contributed by atoms with Crippen LogP contribution in [-0.2, 0) is 14.4 Å². The molecule has 160 valence electrons. The average molecular weight is 448 g/mol. The third-order valence-corrected chi connectivity index (χ3v) is 5.30. The van der Waals surface area contributed by atoms with Gasteiger partial charge >= 0.3 is 0 Å². The van der Waals surface area contributed by atoms with E-state index in [4.69, 9.17) is 11.6 Å². The first-order chi connectivity index (χ1) is 15.4. The first kappa shape index (κ1) is 21.3. The molecule has 1 atom stereocenters. The second-order valence-corrected chi connectivity index (χ2v) is 7.62. The lowest BCUT2D eigenvalue weighted by atomic mass is 9.96. The van der Waals surface area contributed by atoms with Crippen LogP contribution in [-0.4, -0.2) is 27.7 Å². The van der Waals surface area contributed by atoms with Crippen LogP contribution in [0.5, 0.6) is 0 Å². The maximum absolute atomic E-state index is 13.1. The highest BCUT2D eigenvalue weighted by atomic mass is 35.5. The Labute approximate surface area is 189 Å². The predicted octanol–water partition coefficient (Wildman–Crippen LogP) is 4.32. The van der Waals surface area contributed by atoms with Gasteiger partial charge in [0.15, 0.2) is 0 Å². The van der Waals surface area contributed by atoms with E-state index < -0.39 is 17.7 Å². The van der Waals surface area contributed by atoms with Crippen molar-refractivity contribution in [2.24, 2.45) is 0 Å². The van der Waals surface area contributed by atoms with Gasteiger partial charge in [-0.05, 0) is 66.2 Å². The Kier molecular flexibility index (Phi) is 5.75. The zero-order valence-electron chi connectivity index (χ0n) is 16.9. The minimum Gasteiger partial charge on any atom is -0.507 e. The highest BCUT2D eigenvalue weighted by Crippen LogP contribution is 2.42. The lowest BCUT2D eigenvalue weighted by molar-refractivity contribution is -0.132. The quantitative estimate of drug-likeness (QED) is 0.352. The van der Waals surface area contributed by atoms with Gasteiger partial charge in [-0.1, -0.05) is 11.6 Å². The number of aliphatic hydroxyl groups excluding tert-OH is 1. The number of aromatic nitrogens is 1. The topological polar surface area (TPSA) is 99.6 Å². The van der Waals surface area contributed by atoms with Crippen molar-refractivity contribution < 1.29 is 19.5 Å². The highest BCUT2D eigenvalue weighted by molar-refractivity contribution is 6.51. The largest absolute Gasteiger partial charge is 0.507 e. The molecule has 2 amide bonds. The molecule has 0 radical (unpaired) electrons. The van der Waals surface area contributed by atoms with Crippen LogP contribution in [0.4, 0.5) is 11.4 Å². The molecule has 3 aromatic rings. The van der Waals surface area contributed by atoms with Crippen molar-refractivity contribution in [2.75, 3.05) is 10.2 Å². The Balaban J connectivity index is 1.85. The third-order valence-electron chi connectivity index (χ3n) is 5.05. The van der Waals surface area contributed by atoms with Crippen molar-refractivity contribution in [3.8, 4) is 0 Å². The molecule has 32 heavy (non-hydrogen) atoms. The van der Waals surface area contributed by atoms with E-state index >= 15 is 0 Å². The van der Waals surface area contributed by atoms with Gasteiger partial charge in [-0.15, -0.1) is 0 Å². The normalized spacial score (nSPS) is 17.4. The molecular formula is C24H18ClN3O4. The van der Waals surface area contributed by atoms with Gasteiger partial charge in [0, 0.05) is 41.3 Å². The van der Waals surface area contributed by atoms with Gasteiger partial charge in [0.25, 0.3) is 11.7 Å². The van der Waals surface area contributed by atoms with E-state index in [0.29, 0.717) is 27.5 Å². The number of carbonyl (C=O) groups is 3. The van der Waals surface area contributed by atoms with E-state index in [1.165, 1.54) is 11.8 Å². The molecule has 2 heterocycles. The molecule has 1 unspecified atom stereocenters. The molecule has 8 heteroatoms. The van der Waals surface area contributed by atoms with Crippen LogP contribution in [0.25, 0.3) is 5.76 Å². The summed E-state index contributed by atoms with van der Waals surface area (Å²) in [7, 11) is 0. The number of carbonyl (C=O) groups excluding carboxylic acids is 3. The summed E-state index contributed by atoms with van der Waals surface area (Å²) in [5.74, 6) is -2.09. The van der Waals surface area contributed by atoms with Crippen LogP contribution in [0.2, 0.25) is 5.02 Å². The number of amides is 2. The summed E-state index contributed by atoms with van der Waals surface area (Å²) in [5, 5.41) is 14.2. The average Bonchev–Trinajstić information content (AvgIpc) is 3.05. The monoisotopic (exact) mass is 447 g/mol. The molecule has 1 aromatic heterocycles. The predicted molar refractivity (Wildman–Crippen MR) is 121 cm³/mol. The van der Waals surface area contributed by atoms with Crippen molar-refractivity contribution in [1.29, 1.82) is 0 Å². The van der Waals surface area contributed by atoms with E-state index in [1.807, 2.05) is 0 Å². The maximum Gasteiger partial charge on any atom is 0.300 e. The smallest absolute Gasteiger partial charge is 0.300 e. The third kappa shape index (κ3) is 3.98. The van der Waals surface area contributed by atoms with Gasteiger partial charge in [0.2, 0.25) is 5.91 Å². The Morgan fingerprint density at radius 1 is 1.00 bits per heavy atom. The molecule has 4 rings (SSSR count). The van der Waals surface area contributed by atoms with Crippen LogP contribution < -0.4 is 10.2 Å². The summed E-state index contributed by atoms with van der Waals surface area (Å²) in [6.45, 7) is 1.40. The number of pyridine rings is 1. The van der Waals surface area contributed by atoms with Crippen LogP contribution in [0.3, 0.4) is 0 Å². The van der Waals surface area contributed by atoms with Gasteiger partial charge in [-0.25, -0.2) is 0 Å². The number of aliphatic hydroxyl groups is 1. The fourth-order valence-electron chi connectivity index (χ4n) is 3.63. The standard InChI is InChI=1S/C24H18ClN3O4/c1-14(29)27-18-6-8-19(9-7-18)28-21(15-10-12-26-13-11-15)20(23(31)24(28)32)22(30)16-2-4-17(25)5-3-16/h2-13,21,30H,1H3,(H,27,29)/b22-20-. The van der Waals surface area contributed by atoms with E-state index in [-0.39, 0.29) is 17.2 Å². The number of benzene rings is 2. The lowest BCUT2D eigenvalue weighted by Crippen LogP contribution is -2.29. The van der Waals surface area contributed by atoms with E-state index in [1.54, 1.807) is 73.1 Å². The van der Waals surface area contributed by atoms with E-state index in [9.17, 15) is 19.5 Å². The maximum atomic E-state index is 13.1. The molecule has 0 bridgehead atoms. The first-order valence-electron chi connectivity index (χ1n) is 9.71. The zero-order chi connectivity index (χ0) is 22.8. The molecule has 7 nitrogen and oxygen atoms in total. The molecule has 2 aromatic carbocycles. The van der Waals surface area contributed by atoms with E-state index in [2.05, 4.69) is 10.3 Å². The molecule has 0 spiro atoms. The Morgan fingerprint density at radius 2 is 1.62 bits per heavy atom. The number of ketones is 1. The van der Waals surface area contributed by atoms with Crippen molar-refractivity contribution >= 4 is 46.3 Å². The molecule has 2 N–H and O–H groups in total. The van der Waals surface area contributed by atoms with Gasteiger partial charge in [-0.3, -0.25) is 24.3 Å². The summed E-state index contributed by atoms with van der Waals surface area (Å²) in [6.07, 6.45) is 3.11. The van der Waals surface area contributed by atoms with Gasteiger partial charge in [0.05, 0.1) is 11.6 Å². The van der Waals surface area contributed by atoms with Crippen LogP contribution in [0, 0.1) is 0 Å². The molecule has 0 saturated carbocycles. The fourth-order valence-corrected chi connectivity index (χ4v) is 3.76. The Morgan fingerprint density at radius 3 is 2.22 bits per heavy atom. The number of hydrogen-bond acceptors (Lipinski definition) is 5. The number of halogens is 1. The van der Waals surface area contributed by atoms with Gasteiger partial charge < -0.3 is 10.4 Å². The van der Waals surface area contributed by atoms with Crippen molar-refractivity contribution in [1.82, 2.24) is 4.98 Å². The molecule has 0 aliphatic carbocycles. The SMILES string of the molecule is CC(=O)Nc1ccc(N2C(=O)C(=O)/C(=C(\O)c3ccc(Cl)cc3)C2c2ccncc2)cc1. The first-order valence-corrected chi connectivity index (χ1v) is 10.1. The van der Waals surface area contributed by atoms with Gasteiger partial charge in [0.1, 0.15) is 5.76 Å². The number of hydrogen-bond donors (Lipinski definition) is 2. The number of rotatable bonds is 4. The molecular weight excluding hydrogens is 430 g/mol. The summed E-state index contributed by atoms with van der Waals surface area (Å²) in [4.78, 5) is 42.8. The van der Waals surface area contributed by atoms with Gasteiger partial charge in [-0.2, -0.15) is 0 Å². The van der Waals surface area contributed by atoms with Crippen LogP contribution >= 0.6 is 11.6 Å². The summed E-state index contributed by atoms with van der Waals surface area (Å²) in [5.41, 5.74) is 1.94. The van der Waals surface area contributed by atoms with Crippen LogP contribution in [0.1, 0.15) is 24.1 Å². The van der Waals surface area contributed by atoms with Crippen molar-refractivity contribution in [3.05, 3.63) is 94.8 Å². The Bertz CT molecular complexity index is 1220.